The van der Waals surface area contributed by atoms with E-state index in [9.17, 15) is 22.8 Å². The SMILES string of the molecule is C[C@@H](NC(=O)c1nc[nH]c(=O)c1C1CCC1)c1ccc(C(F)(F)F)cc1. The molecule has 138 valence electrons. The third-order valence-electron chi connectivity index (χ3n) is 4.70. The lowest BCUT2D eigenvalue weighted by molar-refractivity contribution is -0.137. The lowest BCUT2D eigenvalue weighted by Gasteiger charge is -2.26. The molecule has 0 radical (unpaired) electrons. The molecule has 2 N–H and O–H groups in total. The molecule has 1 saturated carbocycles. The topological polar surface area (TPSA) is 74.8 Å². The number of rotatable bonds is 4. The largest absolute Gasteiger partial charge is 0.416 e. The number of carbonyl (C=O) groups is 1. The minimum absolute atomic E-state index is 0.0228. The Labute approximate surface area is 147 Å². The fourth-order valence-corrected chi connectivity index (χ4v) is 2.98. The molecule has 0 unspecified atom stereocenters. The van der Waals surface area contributed by atoms with Crippen LogP contribution in [0.4, 0.5) is 13.2 Å². The predicted octanol–water partition coefficient (Wildman–Crippen LogP) is 3.55. The van der Waals surface area contributed by atoms with E-state index in [0.717, 1.165) is 31.4 Å². The Bertz CT molecular complexity index is 855. The molecule has 1 aromatic carbocycles. The van der Waals surface area contributed by atoms with Crippen LogP contribution < -0.4 is 10.9 Å². The lowest BCUT2D eigenvalue weighted by atomic mass is 9.79. The van der Waals surface area contributed by atoms with E-state index in [4.69, 9.17) is 0 Å². The zero-order valence-corrected chi connectivity index (χ0v) is 14.1. The summed E-state index contributed by atoms with van der Waals surface area (Å²) in [4.78, 5) is 31.2. The summed E-state index contributed by atoms with van der Waals surface area (Å²) in [7, 11) is 0. The minimum atomic E-state index is -4.41. The maximum Gasteiger partial charge on any atom is 0.416 e. The van der Waals surface area contributed by atoms with E-state index in [1.807, 2.05) is 0 Å². The number of nitrogens with one attached hydrogen (secondary N) is 2. The van der Waals surface area contributed by atoms with Gasteiger partial charge in [-0.05, 0) is 43.4 Å². The van der Waals surface area contributed by atoms with E-state index in [1.54, 1.807) is 6.92 Å². The van der Waals surface area contributed by atoms with E-state index >= 15 is 0 Å². The van der Waals surface area contributed by atoms with E-state index < -0.39 is 23.7 Å². The van der Waals surface area contributed by atoms with E-state index in [-0.39, 0.29) is 17.2 Å². The first-order valence-corrected chi connectivity index (χ1v) is 8.33. The molecule has 0 bridgehead atoms. The molecule has 1 aromatic heterocycles. The highest BCUT2D eigenvalue weighted by atomic mass is 19.4. The van der Waals surface area contributed by atoms with Gasteiger partial charge >= 0.3 is 6.18 Å². The van der Waals surface area contributed by atoms with Gasteiger partial charge in [-0.25, -0.2) is 4.98 Å². The van der Waals surface area contributed by atoms with Crippen LogP contribution in [0.5, 0.6) is 0 Å². The van der Waals surface area contributed by atoms with E-state index in [0.29, 0.717) is 11.1 Å². The summed E-state index contributed by atoms with van der Waals surface area (Å²) < 4.78 is 37.9. The van der Waals surface area contributed by atoms with Crippen LogP contribution in [0, 0.1) is 0 Å². The van der Waals surface area contributed by atoms with Gasteiger partial charge in [0.15, 0.2) is 0 Å². The van der Waals surface area contributed by atoms with Crippen LogP contribution in [0.2, 0.25) is 0 Å². The Morgan fingerprint density at radius 2 is 1.92 bits per heavy atom. The van der Waals surface area contributed by atoms with Crippen molar-refractivity contribution in [3.63, 3.8) is 0 Å². The number of aromatic nitrogens is 2. The summed E-state index contributed by atoms with van der Waals surface area (Å²) in [6.45, 7) is 1.66. The van der Waals surface area contributed by atoms with Crippen molar-refractivity contribution in [1.29, 1.82) is 0 Å². The normalized spacial score (nSPS) is 16.0. The summed E-state index contributed by atoms with van der Waals surface area (Å²) in [5.41, 5.74) is -0.0743. The highest BCUT2D eigenvalue weighted by Crippen LogP contribution is 2.35. The van der Waals surface area contributed by atoms with Crippen molar-refractivity contribution >= 4 is 5.91 Å². The number of amides is 1. The Balaban J connectivity index is 1.78. The van der Waals surface area contributed by atoms with Crippen molar-refractivity contribution < 1.29 is 18.0 Å². The molecular formula is C18H18F3N3O2. The standard InChI is InChI=1S/C18H18F3N3O2/c1-10(11-5-7-13(8-6-11)18(19,20)21)24-17(26)15-14(12-3-2-4-12)16(25)23-9-22-15/h5-10,12H,2-4H2,1H3,(H,24,26)(H,22,23,25)/t10-/m1/s1. The van der Waals surface area contributed by atoms with Crippen molar-refractivity contribution in [1.82, 2.24) is 15.3 Å². The number of carbonyl (C=O) groups excluding carboxylic acids is 1. The van der Waals surface area contributed by atoms with Crippen LogP contribution in [0.3, 0.4) is 0 Å². The molecule has 26 heavy (non-hydrogen) atoms. The Hall–Kier alpha value is -2.64. The maximum atomic E-state index is 12.6. The van der Waals surface area contributed by atoms with Gasteiger partial charge in [0.25, 0.3) is 11.5 Å². The van der Waals surface area contributed by atoms with Gasteiger partial charge in [0.2, 0.25) is 0 Å². The minimum Gasteiger partial charge on any atom is -0.344 e. The van der Waals surface area contributed by atoms with Crippen LogP contribution in [-0.2, 0) is 6.18 Å². The number of hydrogen-bond donors (Lipinski definition) is 2. The lowest BCUT2D eigenvalue weighted by Crippen LogP contribution is -2.33. The molecule has 8 heteroatoms. The highest BCUT2D eigenvalue weighted by Gasteiger charge is 2.31. The summed E-state index contributed by atoms with van der Waals surface area (Å²) in [5, 5.41) is 2.71. The number of nitrogens with zero attached hydrogens (tertiary/aromatic N) is 1. The number of hydrogen-bond acceptors (Lipinski definition) is 3. The van der Waals surface area contributed by atoms with Gasteiger partial charge in [0.1, 0.15) is 5.69 Å². The molecule has 2 aromatic rings. The second-order valence-electron chi connectivity index (χ2n) is 6.44. The van der Waals surface area contributed by atoms with Gasteiger partial charge in [0, 0.05) is 0 Å². The summed E-state index contributed by atoms with van der Waals surface area (Å²) in [5.74, 6) is -0.486. The first kappa shape index (κ1) is 18.2. The first-order valence-electron chi connectivity index (χ1n) is 8.33. The molecule has 0 saturated heterocycles. The number of H-pyrrole nitrogens is 1. The number of aromatic amines is 1. The molecule has 1 heterocycles. The zero-order chi connectivity index (χ0) is 18.9. The summed E-state index contributed by atoms with van der Waals surface area (Å²) >= 11 is 0. The van der Waals surface area contributed by atoms with Gasteiger partial charge < -0.3 is 10.3 Å². The maximum absolute atomic E-state index is 12.6. The third-order valence-corrected chi connectivity index (χ3v) is 4.70. The van der Waals surface area contributed by atoms with Crippen LogP contribution in [-0.4, -0.2) is 15.9 Å². The second kappa shape index (κ2) is 6.93. The summed E-state index contributed by atoms with van der Waals surface area (Å²) in [6.07, 6.45) is -0.547. The Morgan fingerprint density at radius 1 is 1.27 bits per heavy atom. The molecule has 1 atom stereocenters. The highest BCUT2D eigenvalue weighted by molar-refractivity contribution is 5.94. The van der Waals surface area contributed by atoms with Crippen molar-refractivity contribution in [2.45, 2.75) is 44.3 Å². The molecule has 3 rings (SSSR count). The van der Waals surface area contributed by atoms with Crippen molar-refractivity contribution in [3.8, 4) is 0 Å². The van der Waals surface area contributed by atoms with Gasteiger partial charge in [-0.15, -0.1) is 0 Å². The Kier molecular flexibility index (Phi) is 4.84. The molecule has 1 amide bonds. The fourth-order valence-electron chi connectivity index (χ4n) is 2.98. The quantitative estimate of drug-likeness (QED) is 0.870. The van der Waals surface area contributed by atoms with Gasteiger partial charge in [-0.2, -0.15) is 13.2 Å². The predicted molar refractivity (Wildman–Crippen MR) is 88.8 cm³/mol. The molecule has 1 aliphatic carbocycles. The Morgan fingerprint density at radius 3 is 2.46 bits per heavy atom. The molecular weight excluding hydrogens is 347 g/mol. The van der Waals surface area contributed by atoms with Crippen molar-refractivity contribution in [2.75, 3.05) is 0 Å². The van der Waals surface area contributed by atoms with Crippen LogP contribution in [0.25, 0.3) is 0 Å². The first-order chi connectivity index (χ1) is 12.3. The van der Waals surface area contributed by atoms with Gasteiger partial charge in [-0.3, -0.25) is 9.59 Å². The molecule has 1 fully saturated rings. The molecule has 0 aliphatic heterocycles. The average molecular weight is 365 g/mol. The third kappa shape index (κ3) is 3.63. The van der Waals surface area contributed by atoms with Crippen LogP contribution in [0.15, 0.2) is 35.4 Å². The van der Waals surface area contributed by atoms with Gasteiger partial charge in [0.05, 0.1) is 23.5 Å². The average Bonchev–Trinajstić information content (AvgIpc) is 2.54. The number of alkyl halides is 3. The summed E-state index contributed by atoms with van der Waals surface area (Å²) in [6, 6.07) is 4.07. The van der Waals surface area contributed by atoms with E-state index in [1.165, 1.54) is 18.5 Å². The monoisotopic (exact) mass is 365 g/mol. The van der Waals surface area contributed by atoms with E-state index in [2.05, 4.69) is 15.3 Å². The van der Waals surface area contributed by atoms with Crippen LogP contribution in [0.1, 0.15) is 65.3 Å². The molecule has 5 nitrogen and oxygen atoms in total. The van der Waals surface area contributed by atoms with Crippen LogP contribution >= 0.6 is 0 Å². The fraction of sp³-hybridized carbons (Fsp3) is 0.389. The molecule has 1 aliphatic rings. The number of halogens is 3. The smallest absolute Gasteiger partial charge is 0.344 e. The van der Waals surface area contributed by atoms with Gasteiger partial charge in [-0.1, -0.05) is 18.6 Å². The van der Waals surface area contributed by atoms with Crippen molar-refractivity contribution in [3.05, 3.63) is 63.3 Å². The van der Waals surface area contributed by atoms with Crippen molar-refractivity contribution in [2.24, 2.45) is 0 Å². The second-order valence-corrected chi connectivity index (χ2v) is 6.44. The number of benzene rings is 1. The molecule has 0 spiro atoms. The zero-order valence-electron chi connectivity index (χ0n) is 14.1.